The van der Waals surface area contributed by atoms with Gasteiger partial charge in [-0.25, -0.2) is 13.8 Å². The van der Waals surface area contributed by atoms with Gasteiger partial charge in [-0.3, -0.25) is 4.98 Å². The third-order valence-electron chi connectivity index (χ3n) is 5.84. The number of aromatic nitrogens is 3. The minimum atomic E-state index is -0.707. The number of halogens is 3. The van der Waals surface area contributed by atoms with E-state index in [0.29, 0.717) is 34.4 Å². The van der Waals surface area contributed by atoms with Gasteiger partial charge in [0.25, 0.3) is 0 Å². The molecule has 1 fully saturated rings. The van der Waals surface area contributed by atoms with Crippen molar-refractivity contribution < 1.29 is 8.78 Å². The molecule has 3 heterocycles. The van der Waals surface area contributed by atoms with E-state index in [9.17, 15) is 8.78 Å². The zero-order chi connectivity index (χ0) is 21.7. The van der Waals surface area contributed by atoms with Gasteiger partial charge in [-0.1, -0.05) is 23.7 Å². The summed E-state index contributed by atoms with van der Waals surface area (Å²) in [6.45, 7) is 4.16. The molecule has 158 valence electrons. The summed E-state index contributed by atoms with van der Waals surface area (Å²) in [5, 5.41) is 0.665. The minimum Gasteiger partial charge on any atom is -0.370 e. The predicted molar refractivity (Wildman–Crippen MR) is 119 cm³/mol. The molecule has 1 aliphatic heterocycles. The number of hydrogen-bond donors (Lipinski definition) is 2. The topological polar surface area (TPSA) is 70.8 Å². The van der Waals surface area contributed by atoms with Gasteiger partial charge in [-0.2, -0.15) is 0 Å². The van der Waals surface area contributed by atoms with Crippen molar-refractivity contribution in [3.05, 3.63) is 64.9 Å². The summed E-state index contributed by atoms with van der Waals surface area (Å²) in [6, 6.07) is 7.82. The van der Waals surface area contributed by atoms with Crippen molar-refractivity contribution in [1.82, 2.24) is 15.0 Å². The Morgan fingerprint density at radius 2 is 1.94 bits per heavy atom. The molecule has 0 unspecified atom stereocenters. The molecule has 0 atom stereocenters. The van der Waals surface area contributed by atoms with Gasteiger partial charge in [0.2, 0.25) is 0 Å². The van der Waals surface area contributed by atoms with Crippen LogP contribution in [0.1, 0.15) is 5.56 Å². The molecular weight excluding hydrogens is 420 g/mol. The number of anilines is 1. The number of nitrogens with one attached hydrogen (secondary N) is 1. The van der Waals surface area contributed by atoms with Crippen LogP contribution in [0, 0.1) is 24.5 Å². The second-order valence-corrected chi connectivity index (χ2v) is 8.28. The van der Waals surface area contributed by atoms with Gasteiger partial charge in [0.1, 0.15) is 17.2 Å². The first-order valence-corrected chi connectivity index (χ1v) is 10.4. The van der Waals surface area contributed by atoms with Crippen molar-refractivity contribution in [2.24, 2.45) is 11.7 Å². The van der Waals surface area contributed by atoms with Crippen molar-refractivity contribution in [3.63, 3.8) is 0 Å². The van der Waals surface area contributed by atoms with Crippen LogP contribution >= 0.6 is 11.6 Å². The number of H-pyrrole nitrogens is 1. The lowest BCUT2D eigenvalue weighted by atomic mass is 9.93. The number of hydrogen-bond acceptors (Lipinski definition) is 4. The molecule has 0 bridgehead atoms. The molecule has 0 aliphatic carbocycles. The van der Waals surface area contributed by atoms with E-state index in [1.54, 1.807) is 12.4 Å². The molecule has 8 heteroatoms. The number of nitrogens with two attached hydrogens (primary N) is 1. The number of rotatable bonds is 4. The van der Waals surface area contributed by atoms with Crippen LogP contribution in [0.25, 0.3) is 33.5 Å². The summed E-state index contributed by atoms with van der Waals surface area (Å²) < 4.78 is 28.0. The SMILES string of the molecule is Cc1c(Cl)cccc1-c1cncc(-c2nc3c(F)cc(F)cc3[nH]2)c1N1CC(CN)C1. The van der Waals surface area contributed by atoms with Crippen molar-refractivity contribution >= 4 is 28.3 Å². The summed E-state index contributed by atoms with van der Waals surface area (Å²) in [4.78, 5) is 14.1. The van der Waals surface area contributed by atoms with Crippen LogP contribution in [0.15, 0.2) is 42.7 Å². The Kier molecular flexibility index (Phi) is 4.87. The highest BCUT2D eigenvalue weighted by atomic mass is 35.5. The highest BCUT2D eigenvalue weighted by Gasteiger charge is 2.31. The van der Waals surface area contributed by atoms with E-state index in [-0.39, 0.29) is 5.52 Å². The van der Waals surface area contributed by atoms with Gasteiger partial charge in [-0.05, 0) is 36.7 Å². The van der Waals surface area contributed by atoms with Gasteiger partial charge >= 0.3 is 0 Å². The van der Waals surface area contributed by atoms with E-state index in [4.69, 9.17) is 17.3 Å². The van der Waals surface area contributed by atoms with Crippen molar-refractivity contribution in [3.8, 4) is 22.5 Å². The lowest BCUT2D eigenvalue weighted by molar-refractivity contribution is 0.421. The van der Waals surface area contributed by atoms with Crippen LogP contribution in [0.2, 0.25) is 5.02 Å². The molecule has 0 radical (unpaired) electrons. The highest BCUT2D eigenvalue weighted by molar-refractivity contribution is 6.31. The van der Waals surface area contributed by atoms with Crippen LogP contribution in [0.5, 0.6) is 0 Å². The first kappa shape index (κ1) is 19.9. The van der Waals surface area contributed by atoms with Crippen LogP contribution in [0.4, 0.5) is 14.5 Å². The number of imidazole rings is 1. The van der Waals surface area contributed by atoms with Crippen LogP contribution < -0.4 is 10.6 Å². The number of fused-ring (bicyclic) bond motifs is 1. The summed E-state index contributed by atoms with van der Waals surface area (Å²) in [7, 11) is 0. The lowest BCUT2D eigenvalue weighted by Gasteiger charge is -2.42. The Labute approximate surface area is 182 Å². The third-order valence-corrected chi connectivity index (χ3v) is 6.25. The van der Waals surface area contributed by atoms with Crippen molar-refractivity contribution in [2.75, 3.05) is 24.5 Å². The zero-order valence-electron chi connectivity index (χ0n) is 16.8. The quantitative estimate of drug-likeness (QED) is 0.473. The van der Waals surface area contributed by atoms with Crippen LogP contribution in [-0.2, 0) is 0 Å². The Morgan fingerprint density at radius 1 is 1.16 bits per heavy atom. The molecule has 2 aromatic carbocycles. The number of pyridine rings is 1. The second kappa shape index (κ2) is 7.59. The largest absolute Gasteiger partial charge is 0.370 e. The predicted octanol–water partition coefficient (Wildman–Crippen LogP) is 4.93. The Morgan fingerprint density at radius 3 is 2.71 bits per heavy atom. The van der Waals surface area contributed by atoms with E-state index >= 15 is 0 Å². The average molecular weight is 440 g/mol. The lowest BCUT2D eigenvalue weighted by Crippen LogP contribution is -2.50. The van der Waals surface area contributed by atoms with Crippen LogP contribution in [0.3, 0.4) is 0 Å². The van der Waals surface area contributed by atoms with Crippen LogP contribution in [-0.4, -0.2) is 34.6 Å². The normalized spacial score (nSPS) is 14.3. The second-order valence-electron chi connectivity index (χ2n) is 7.87. The standard InChI is InChI=1S/C23H20ClF2N5/c1-12-15(3-2-4-18(12)24)16-8-28-9-17(22(16)31-10-13(7-27)11-31)23-29-20-6-14(25)5-19(26)21(20)30-23/h2-6,8-9,13H,7,10-11,27H2,1H3,(H,29,30). The van der Waals surface area contributed by atoms with Gasteiger partial charge < -0.3 is 15.6 Å². The summed E-state index contributed by atoms with van der Waals surface area (Å²) in [6.07, 6.45) is 3.50. The first-order chi connectivity index (χ1) is 15.0. The molecule has 31 heavy (non-hydrogen) atoms. The fourth-order valence-electron chi connectivity index (χ4n) is 4.14. The average Bonchev–Trinajstić information content (AvgIpc) is 3.14. The fraction of sp³-hybridized carbons (Fsp3) is 0.217. The molecule has 0 saturated carbocycles. The molecule has 0 amide bonds. The molecule has 4 aromatic rings. The summed E-state index contributed by atoms with van der Waals surface area (Å²) >= 11 is 6.39. The van der Waals surface area contributed by atoms with Gasteiger partial charge in [0.05, 0.1) is 16.8 Å². The van der Waals surface area contributed by atoms with Gasteiger partial charge in [0.15, 0.2) is 5.82 Å². The third kappa shape index (κ3) is 3.34. The smallest absolute Gasteiger partial charge is 0.153 e. The monoisotopic (exact) mass is 439 g/mol. The number of nitrogens with zero attached hydrogens (tertiary/aromatic N) is 3. The molecule has 5 nitrogen and oxygen atoms in total. The molecule has 5 rings (SSSR count). The van der Waals surface area contributed by atoms with E-state index in [0.717, 1.165) is 41.5 Å². The molecule has 1 saturated heterocycles. The highest BCUT2D eigenvalue weighted by Crippen LogP contribution is 2.43. The Balaban J connectivity index is 1.73. The van der Waals surface area contributed by atoms with Gasteiger partial charge in [-0.15, -0.1) is 0 Å². The molecule has 0 spiro atoms. The zero-order valence-corrected chi connectivity index (χ0v) is 17.5. The Bertz CT molecular complexity index is 1300. The number of aromatic amines is 1. The summed E-state index contributed by atoms with van der Waals surface area (Å²) in [5.74, 6) is -0.535. The van der Waals surface area contributed by atoms with E-state index in [2.05, 4.69) is 19.9 Å². The van der Waals surface area contributed by atoms with Crippen molar-refractivity contribution in [2.45, 2.75) is 6.92 Å². The Hall–Kier alpha value is -3.03. The maximum atomic E-state index is 14.3. The van der Waals surface area contributed by atoms with Crippen molar-refractivity contribution in [1.29, 1.82) is 0 Å². The van der Waals surface area contributed by atoms with E-state index in [1.807, 2.05) is 25.1 Å². The van der Waals surface area contributed by atoms with Gasteiger partial charge in [0, 0.05) is 48.1 Å². The first-order valence-electron chi connectivity index (χ1n) is 10.00. The fourth-order valence-corrected chi connectivity index (χ4v) is 4.31. The maximum Gasteiger partial charge on any atom is 0.153 e. The molecule has 1 aliphatic rings. The number of benzene rings is 2. The summed E-state index contributed by atoms with van der Waals surface area (Å²) in [5.41, 5.74) is 10.7. The minimum absolute atomic E-state index is 0.0927. The maximum absolute atomic E-state index is 14.3. The molecule has 2 aromatic heterocycles. The molecule has 3 N–H and O–H groups in total. The molecular formula is C23H20ClF2N5. The van der Waals surface area contributed by atoms with E-state index < -0.39 is 11.6 Å². The van der Waals surface area contributed by atoms with E-state index in [1.165, 1.54) is 6.07 Å².